The van der Waals surface area contributed by atoms with Crippen molar-refractivity contribution in [3.05, 3.63) is 42.5 Å². The van der Waals surface area contributed by atoms with Crippen LogP contribution in [0.25, 0.3) is 0 Å². The van der Waals surface area contributed by atoms with Crippen molar-refractivity contribution in [2.75, 3.05) is 19.7 Å². The highest BCUT2D eigenvalue weighted by Gasteiger charge is 2.31. The number of para-hydroxylation sites is 1. The van der Waals surface area contributed by atoms with Crippen LogP contribution in [0.2, 0.25) is 0 Å². The van der Waals surface area contributed by atoms with Crippen molar-refractivity contribution in [1.29, 1.82) is 0 Å². The molecule has 21 heavy (non-hydrogen) atoms. The van der Waals surface area contributed by atoms with Crippen molar-refractivity contribution in [2.24, 2.45) is 0 Å². The fourth-order valence-electron chi connectivity index (χ4n) is 3.10. The molecule has 2 fully saturated rings. The number of nitrogens with zero attached hydrogens (tertiary/aromatic N) is 1. The molecule has 114 valence electrons. The highest BCUT2D eigenvalue weighted by atomic mass is 16.5. The maximum Gasteiger partial charge on any atom is 0.124 e. The van der Waals surface area contributed by atoms with Crippen LogP contribution in [0, 0.1) is 0 Å². The van der Waals surface area contributed by atoms with E-state index in [0.29, 0.717) is 12.6 Å². The van der Waals surface area contributed by atoms with Crippen LogP contribution in [0.4, 0.5) is 0 Å². The average molecular weight is 286 g/mol. The minimum absolute atomic E-state index is 0.566. The lowest BCUT2D eigenvalue weighted by Crippen LogP contribution is -2.43. The molecule has 3 nitrogen and oxygen atoms in total. The Hall–Kier alpha value is -1.32. The molecule has 0 amide bonds. The third-order valence-electron chi connectivity index (χ3n) is 4.50. The molecule has 0 spiro atoms. The van der Waals surface area contributed by atoms with Crippen molar-refractivity contribution >= 4 is 0 Å². The van der Waals surface area contributed by atoms with Gasteiger partial charge in [0.25, 0.3) is 0 Å². The van der Waals surface area contributed by atoms with Gasteiger partial charge in [-0.15, -0.1) is 0 Å². The second-order valence-corrected chi connectivity index (χ2v) is 6.13. The molecule has 0 atom stereocenters. The van der Waals surface area contributed by atoms with Crippen LogP contribution in [0.5, 0.6) is 5.75 Å². The second kappa shape index (κ2) is 7.10. The van der Waals surface area contributed by atoms with Gasteiger partial charge < -0.3 is 15.0 Å². The lowest BCUT2D eigenvalue weighted by molar-refractivity contribution is 0.189. The summed E-state index contributed by atoms with van der Waals surface area (Å²) in [6.45, 7) is 7.68. The number of hydrogen-bond acceptors (Lipinski definition) is 3. The zero-order chi connectivity index (χ0) is 14.5. The largest absolute Gasteiger partial charge is 0.489 e. The number of ether oxygens (including phenoxy) is 1. The molecule has 0 unspecified atom stereocenters. The van der Waals surface area contributed by atoms with Gasteiger partial charge in [0.1, 0.15) is 12.4 Å². The lowest BCUT2D eigenvalue weighted by atomic mass is 10.0. The summed E-state index contributed by atoms with van der Waals surface area (Å²) in [6, 6.07) is 9.84. The van der Waals surface area contributed by atoms with E-state index in [-0.39, 0.29) is 0 Å². The molecule has 1 heterocycles. The van der Waals surface area contributed by atoms with E-state index in [1.165, 1.54) is 44.3 Å². The number of rotatable bonds is 7. The van der Waals surface area contributed by atoms with E-state index in [1.54, 1.807) is 6.08 Å². The van der Waals surface area contributed by atoms with Crippen LogP contribution in [0.15, 0.2) is 36.9 Å². The van der Waals surface area contributed by atoms with Crippen LogP contribution < -0.4 is 10.1 Å². The molecule has 1 aromatic rings. The molecule has 1 aliphatic carbocycles. The zero-order valence-electron chi connectivity index (χ0n) is 12.8. The van der Waals surface area contributed by atoms with E-state index < -0.39 is 0 Å². The number of likely N-dealkylation sites (tertiary alicyclic amines) is 1. The predicted octanol–water partition coefficient (Wildman–Crippen LogP) is 2.97. The van der Waals surface area contributed by atoms with Crippen LogP contribution in [0.3, 0.4) is 0 Å². The molecule has 1 aliphatic heterocycles. The van der Waals surface area contributed by atoms with Crippen molar-refractivity contribution in [3.8, 4) is 5.75 Å². The highest BCUT2D eigenvalue weighted by Crippen LogP contribution is 2.29. The topological polar surface area (TPSA) is 24.5 Å². The van der Waals surface area contributed by atoms with Gasteiger partial charge in [-0.25, -0.2) is 0 Å². The summed E-state index contributed by atoms with van der Waals surface area (Å²) < 4.78 is 5.72. The summed E-state index contributed by atoms with van der Waals surface area (Å²) >= 11 is 0. The minimum atomic E-state index is 0.566. The van der Waals surface area contributed by atoms with Crippen molar-refractivity contribution < 1.29 is 4.74 Å². The Labute approximate surface area is 128 Å². The fourth-order valence-corrected chi connectivity index (χ4v) is 3.10. The first-order chi connectivity index (χ1) is 10.4. The first-order valence-corrected chi connectivity index (χ1v) is 8.16. The second-order valence-electron chi connectivity index (χ2n) is 6.13. The van der Waals surface area contributed by atoms with Crippen LogP contribution in [-0.4, -0.2) is 36.7 Å². The number of nitrogens with one attached hydrogen (secondary N) is 1. The number of benzene rings is 1. The van der Waals surface area contributed by atoms with Gasteiger partial charge in [0.05, 0.1) is 0 Å². The van der Waals surface area contributed by atoms with Gasteiger partial charge in [0.15, 0.2) is 0 Å². The zero-order valence-corrected chi connectivity index (χ0v) is 12.8. The van der Waals surface area contributed by atoms with Crippen LogP contribution in [-0.2, 0) is 6.54 Å². The lowest BCUT2D eigenvalue weighted by Gasteiger charge is -2.32. The summed E-state index contributed by atoms with van der Waals surface area (Å²) in [7, 11) is 0. The SMILES string of the molecule is C=CCOc1ccccc1CNC1CCN(C2CC2)CC1. The van der Waals surface area contributed by atoms with Crippen molar-refractivity contribution in [1.82, 2.24) is 10.2 Å². The minimum Gasteiger partial charge on any atom is -0.489 e. The van der Waals surface area contributed by atoms with E-state index in [0.717, 1.165) is 18.3 Å². The maximum atomic E-state index is 5.72. The third-order valence-corrected chi connectivity index (χ3v) is 4.50. The Morgan fingerprint density at radius 1 is 1.19 bits per heavy atom. The van der Waals surface area contributed by atoms with Gasteiger partial charge in [0.2, 0.25) is 0 Å². The maximum absolute atomic E-state index is 5.72. The molecule has 0 bridgehead atoms. The molecule has 2 aliphatic rings. The normalized spacial score (nSPS) is 20.4. The molecule has 1 saturated heterocycles. The summed E-state index contributed by atoms with van der Waals surface area (Å²) in [6.07, 6.45) is 7.17. The Kier molecular flexibility index (Phi) is 4.94. The van der Waals surface area contributed by atoms with E-state index in [9.17, 15) is 0 Å². The van der Waals surface area contributed by atoms with E-state index in [1.807, 2.05) is 12.1 Å². The summed E-state index contributed by atoms with van der Waals surface area (Å²) in [5.74, 6) is 0.973. The monoisotopic (exact) mass is 286 g/mol. The smallest absolute Gasteiger partial charge is 0.124 e. The van der Waals surface area contributed by atoms with E-state index in [2.05, 4.69) is 28.9 Å². The first-order valence-electron chi connectivity index (χ1n) is 8.16. The Morgan fingerprint density at radius 3 is 2.67 bits per heavy atom. The molecule has 3 heteroatoms. The molecule has 0 radical (unpaired) electrons. The number of hydrogen-bond donors (Lipinski definition) is 1. The van der Waals surface area contributed by atoms with Crippen LogP contribution in [0.1, 0.15) is 31.2 Å². The Bertz CT molecular complexity index is 462. The summed E-state index contributed by atoms with van der Waals surface area (Å²) in [5.41, 5.74) is 1.24. The van der Waals surface area contributed by atoms with E-state index in [4.69, 9.17) is 4.74 Å². The number of piperidine rings is 1. The van der Waals surface area contributed by atoms with Gasteiger partial charge >= 0.3 is 0 Å². The van der Waals surface area contributed by atoms with Crippen molar-refractivity contribution in [3.63, 3.8) is 0 Å². The third kappa shape index (κ3) is 4.08. The molecule has 1 N–H and O–H groups in total. The summed E-state index contributed by atoms with van der Waals surface area (Å²) in [4.78, 5) is 2.67. The van der Waals surface area contributed by atoms with Gasteiger partial charge in [0, 0.05) is 24.2 Å². The molecule has 3 rings (SSSR count). The summed E-state index contributed by atoms with van der Waals surface area (Å²) in [5, 5.41) is 3.70. The van der Waals surface area contributed by atoms with Gasteiger partial charge in [-0.2, -0.15) is 0 Å². The molecule has 1 aromatic carbocycles. The predicted molar refractivity (Wildman–Crippen MR) is 86.6 cm³/mol. The first kappa shape index (κ1) is 14.6. The molecule has 0 aromatic heterocycles. The standard InChI is InChI=1S/C18H26N2O/c1-2-13-21-18-6-4-3-5-15(18)14-19-16-9-11-20(12-10-16)17-7-8-17/h2-6,16-17,19H,1,7-14H2. The van der Waals surface area contributed by atoms with E-state index >= 15 is 0 Å². The van der Waals surface area contributed by atoms with Crippen molar-refractivity contribution in [2.45, 2.75) is 44.3 Å². The Balaban J connectivity index is 1.47. The van der Waals surface area contributed by atoms with Gasteiger partial charge in [-0.3, -0.25) is 0 Å². The quantitative estimate of drug-likeness (QED) is 0.780. The van der Waals surface area contributed by atoms with Gasteiger partial charge in [-0.1, -0.05) is 30.9 Å². The average Bonchev–Trinajstić information content (AvgIpc) is 3.37. The molecular weight excluding hydrogens is 260 g/mol. The van der Waals surface area contributed by atoms with Crippen LogP contribution >= 0.6 is 0 Å². The molecule has 1 saturated carbocycles. The molecular formula is C18H26N2O. The highest BCUT2D eigenvalue weighted by molar-refractivity contribution is 5.33. The van der Waals surface area contributed by atoms with Gasteiger partial charge in [-0.05, 0) is 44.8 Å². The Morgan fingerprint density at radius 2 is 1.95 bits per heavy atom. The fraction of sp³-hybridized carbons (Fsp3) is 0.556.